The van der Waals surface area contributed by atoms with Crippen LogP contribution in [0.2, 0.25) is 0 Å². The minimum atomic E-state index is -0.444. The van der Waals surface area contributed by atoms with Crippen molar-refractivity contribution in [2.75, 3.05) is 0 Å². The SMILES string of the molecule is CC(C)(N)c1cc2ncccc2o1. The Bertz CT molecular complexity index is 393. The van der Waals surface area contributed by atoms with E-state index in [0.29, 0.717) is 0 Å². The van der Waals surface area contributed by atoms with Crippen molar-refractivity contribution in [3.63, 3.8) is 0 Å². The van der Waals surface area contributed by atoms with Gasteiger partial charge in [-0.2, -0.15) is 0 Å². The van der Waals surface area contributed by atoms with Crippen molar-refractivity contribution in [3.8, 4) is 0 Å². The van der Waals surface area contributed by atoms with Crippen LogP contribution in [-0.4, -0.2) is 4.98 Å². The summed E-state index contributed by atoms with van der Waals surface area (Å²) in [6, 6.07) is 5.62. The smallest absolute Gasteiger partial charge is 0.152 e. The highest BCUT2D eigenvalue weighted by atomic mass is 16.3. The average Bonchev–Trinajstić information content (AvgIpc) is 2.45. The average molecular weight is 176 g/mol. The van der Waals surface area contributed by atoms with Crippen LogP contribution in [-0.2, 0) is 5.54 Å². The van der Waals surface area contributed by atoms with Crippen molar-refractivity contribution in [2.24, 2.45) is 5.73 Å². The standard InChI is InChI=1S/C10H12N2O/c1-10(2,11)9-6-7-8(13-9)4-3-5-12-7/h3-6H,11H2,1-2H3. The van der Waals surface area contributed by atoms with Gasteiger partial charge < -0.3 is 10.2 Å². The Morgan fingerprint density at radius 2 is 2.23 bits per heavy atom. The summed E-state index contributed by atoms with van der Waals surface area (Å²) in [5.74, 6) is 0.765. The van der Waals surface area contributed by atoms with Gasteiger partial charge in [-0.05, 0) is 26.0 Å². The number of nitrogens with two attached hydrogens (primary N) is 1. The number of pyridine rings is 1. The molecule has 2 N–H and O–H groups in total. The zero-order chi connectivity index (χ0) is 9.47. The van der Waals surface area contributed by atoms with Gasteiger partial charge in [0.1, 0.15) is 11.3 Å². The van der Waals surface area contributed by atoms with Gasteiger partial charge in [0.2, 0.25) is 0 Å². The van der Waals surface area contributed by atoms with Crippen molar-refractivity contribution in [1.82, 2.24) is 4.98 Å². The van der Waals surface area contributed by atoms with E-state index >= 15 is 0 Å². The Labute approximate surface area is 76.6 Å². The van der Waals surface area contributed by atoms with Crippen molar-refractivity contribution < 1.29 is 4.42 Å². The fraction of sp³-hybridized carbons (Fsp3) is 0.300. The number of hydrogen-bond acceptors (Lipinski definition) is 3. The molecule has 0 saturated carbocycles. The number of furan rings is 1. The van der Waals surface area contributed by atoms with Crippen LogP contribution in [0, 0.1) is 0 Å². The number of rotatable bonds is 1. The van der Waals surface area contributed by atoms with Gasteiger partial charge in [0.15, 0.2) is 5.58 Å². The molecule has 0 fully saturated rings. The van der Waals surface area contributed by atoms with Crippen molar-refractivity contribution in [1.29, 1.82) is 0 Å². The molecule has 0 unspecified atom stereocenters. The zero-order valence-corrected chi connectivity index (χ0v) is 7.74. The highest BCUT2D eigenvalue weighted by Gasteiger charge is 2.19. The minimum Gasteiger partial charge on any atom is -0.457 e. The summed E-state index contributed by atoms with van der Waals surface area (Å²) >= 11 is 0. The van der Waals surface area contributed by atoms with Gasteiger partial charge in [-0.3, -0.25) is 4.98 Å². The Morgan fingerprint density at radius 1 is 1.46 bits per heavy atom. The van der Waals surface area contributed by atoms with Crippen LogP contribution < -0.4 is 5.73 Å². The van der Waals surface area contributed by atoms with E-state index in [4.69, 9.17) is 10.2 Å². The van der Waals surface area contributed by atoms with E-state index in [9.17, 15) is 0 Å². The summed E-state index contributed by atoms with van der Waals surface area (Å²) in [7, 11) is 0. The Balaban J connectivity index is 2.63. The molecule has 0 spiro atoms. The van der Waals surface area contributed by atoms with Crippen LogP contribution in [0.5, 0.6) is 0 Å². The van der Waals surface area contributed by atoms with Gasteiger partial charge >= 0.3 is 0 Å². The maximum atomic E-state index is 5.90. The Hall–Kier alpha value is -1.35. The van der Waals surface area contributed by atoms with Crippen LogP contribution in [0.25, 0.3) is 11.1 Å². The second-order valence-electron chi connectivity index (χ2n) is 3.72. The van der Waals surface area contributed by atoms with E-state index in [1.54, 1.807) is 6.20 Å². The Kier molecular flexibility index (Phi) is 1.63. The number of hydrogen-bond donors (Lipinski definition) is 1. The molecule has 3 heteroatoms. The summed E-state index contributed by atoms with van der Waals surface area (Å²) in [5, 5.41) is 0. The lowest BCUT2D eigenvalue weighted by molar-refractivity contribution is 0.413. The molecule has 0 aliphatic heterocycles. The molecule has 0 saturated heterocycles. The molecule has 68 valence electrons. The molecule has 2 rings (SSSR count). The predicted octanol–water partition coefficient (Wildman–Crippen LogP) is 2.02. The minimum absolute atomic E-state index is 0.444. The molecule has 2 aromatic heterocycles. The highest BCUT2D eigenvalue weighted by Crippen LogP contribution is 2.24. The fourth-order valence-corrected chi connectivity index (χ4v) is 1.19. The Morgan fingerprint density at radius 3 is 2.85 bits per heavy atom. The van der Waals surface area contributed by atoms with E-state index in [1.165, 1.54) is 0 Å². The molecule has 0 aliphatic carbocycles. The van der Waals surface area contributed by atoms with E-state index in [1.807, 2.05) is 32.0 Å². The maximum Gasteiger partial charge on any atom is 0.152 e. The van der Waals surface area contributed by atoms with Gasteiger partial charge in [-0.1, -0.05) is 0 Å². The monoisotopic (exact) mass is 176 g/mol. The van der Waals surface area contributed by atoms with Gasteiger partial charge in [0.05, 0.1) is 5.54 Å². The summed E-state index contributed by atoms with van der Waals surface area (Å²) < 4.78 is 5.54. The van der Waals surface area contributed by atoms with Crippen LogP contribution in [0.3, 0.4) is 0 Å². The number of aromatic nitrogens is 1. The van der Waals surface area contributed by atoms with E-state index in [0.717, 1.165) is 16.9 Å². The molecule has 0 aromatic carbocycles. The molecule has 0 bridgehead atoms. The van der Waals surface area contributed by atoms with Gasteiger partial charge in [0, 0.05) is 12.3 Å². The molecule has 2 aromatic rings. The van der Waals surface area contributed by atoms with E-state index < -0.39 is 5.54 Å². The normalized spacial score (nSPS) is 12.2. The lowest BCUT2D eigenvalue weighted by atomic mass is 10.0. The third kappa shape index (κ3) is 1.42. The van der Waals surface area contributed by atoms with E-state index in [2.05, 4.69) is 4.98 Å². The van der Waals surface area contributed by atoms with E-state index in [-0.39, 0.29) is 0 Å². The third-order valence-electron chi connectivity index (χ3n) is 1.92. The second kappa shape index (κ2) is 2.57. The van der Waals surface area contributed by atoms with Crippen LogP contribution in [0.4, 0.5) is 0 Å². The van der Waals surface area contributed by atoms with Crippen LogP contribution in [0.1, 0.15) is 19.6 Å². The van der Waals surface area contributed by atoms with Crippen molar-refractivity contribution in [2.45, 2.75) is 19.4 Å². The van der Waals surface area contributed by atoms with Gasteiger partial charge in [-0.25, -0.2) is 0 Å². The lowest BCUT2D eigenvalue weighted by Gasteiger charge is -2.13. The number of nitrogens with zero attached hydrogens (tertiary/aromatic N) is 1. The van der Waals surface area contributed by atoms with Crippen LogP contribution >= 0.6 is 0 Å². The summed E-state index contributed by atoms with van der Waals surface area (Å²) in [5.41, 5.74) is 7.10. The summed E-state index contributed by atoms with van der Waals surface area (Å²) in [6.07, 6.45) is 1.74. The predicted molar refractivity (Wildman–Crippen MR) is 51.2 cm³/mol. The molecular formula is C10H12N2O. The fourth-order valence-electron chi connectivity index (χ4n) is 1.19. The molecule has 13 heavy (non-hydrogen) atoms. The summed E-state index contributed by atoms with van der Waals surface area (Å²) in [6.45, 7) is 3.81. The molecular weight excluding hydrogens is 164 g/mol. The maximum absolute atomic E-state index is 5.90. The summed E-state index contributed by atoms with van der Waals surface area (Å²) in [4.78, 5) is 4.17. The first kappa shape index (κ1) is 8.26. The first-order chi connectivity index (χ1) is 6.07. The molecule has 0 amide bonds. The zero-order valence-electron chi connectivity index (χ0n) is 7.74. The second-order valence-corrected chi connectivity index (χ2v) is 3.72. The first-order valence-corrected chi connectivity index (χ1v) is 4.21. The third-order valence-corrected chi connectivity index (χ3v) is 1.92. The lowest BCUT2D eigenvalue weighted by Crippen LogP contribution is -2.27. The van der Waals surface area contributed by atoms with Gasteiger partial charge in [0.25, 0.3) is 0 Å². The first-order valence-electron chi connectivity index (χ1n) is 4.21. The van der Waals surface area contributed by atoms with Crippen LogP contribution in [0.15, 0.2) is 28.8 Å². The van der Waals surface area contributed by atoms with Crippen molar-refractivity contribution >= 4 is 11.1 Å². The molecule has 0 atom stereocenters. The molecule has 2 heterocycles. The molecule has 3 nitrogen and oxygen atoms in total. The van der Waals surface area contributed by atoms with Gasteiger partial charge in [-0.15, -0.1) is 0 Å². The number of fused-ring (bicyclic) bond motifs is 1. The van der Waals surface area contributed by atoms with Crippen molar-refractivity contribution in [3.05, 3.63) is 30.2 Å². The topological polar surface area (TPSA) is 52.0 Å². The largest absolute Gasteiger partial charge is 0.457 e. The molecule has 0 aliphatic rings. The highest BCUT2D eigenvalue weighted by molar-refractivity contribution is 5.72. The quantitative estimate of drug-likeness (QED) is 0.723. The molecule has 0 radical (unpaired) electrons.